The number of esters is 1. The Morgan fingerprint density at radius 3 is 2.59 bits per heavy atom. The van der Waals surface area contributed by atoms with E-state index in [1.54, 1.807) is 11.9 Å². The van der Waals surface area contributed by atoms with E-state index in [1.165, 1.54) is 35.0 Å². The molecular weight excluding hydrogens is 380 g/mol. The highest BCUT2D eigenvalue weighted by atomic mass is 32.2. The highest BCUT2D eigenvalue weighted by Gasteiger charge is 2.28. The number of methoxy groups -OCH3 is 1. The molecule has 0 radical (unpaired) electrons. The molecule has 4 nitrogen and oxygen atoms in total. The van der Waals surface area contributed by atoms with Crippen molar-refractivity contribution in [1.82, 2.24) is 4.57 Å². The van der Waals surface area contributed by atoms with Crippen molar-refractivity contribution in [2.75, 3.05) is 18.0 Å². The number of rotatable bonds is 5. The van der Waals surface area contributed by atoms with E-state index in [0.29, 0.717) is 0 Å². The number of benzene rings is 2. The number of aryl methyl sites for hydroxylation is 2. The average molecular weight is 407 g/mol. The summed E-state index contributed by atoms with van der Waals surface area (Å²) in [7, 11) is 1.45. The van der Waals surface area contributed by atoms with Gasteiger partial charge in [0, 0.05) is 24.2 Å². The third-order valence-electron chi connectivity index (χ3n) is 5.77. The van der Waals surface area contributed by atoms with Gasteiger partial charge in [-0.3, -0.25) is 4.79 Å². The second kappa shape index (κ2) is 7.64. The quantitative estimate of drug-likeness (QED) is 0.410. The molecule has 0 saturated heterocycles. The van der Waals surface area contributed by atoms with E-state index in [4.69, 9.17) is 4.74 Å². The summed E-state index contributed by atoms with van der Waals surface area (Å²) in [4.78, 5) is 12.3. The van der Waals surface area contributed by atoms with E-state index in [9.17, 15) is 4.79 Å². The first-order valence-corrected chi connectivity index (χ1v) is 10.6. The predicted molar refractivity (Wildman–Crippen MR) is 122 cm³/mol. The number of carbonyl (C=O) groups is 1. The number of carbonyl (C=O) groups excluding carboxylic acids is 1. The Hall–Kier alpha value is -2.66. The molecule has 2 aromatic carbocycles. The van der Waals surface area contributed by atoms with Gasteiger partial charge in [0.05, 0.1) is 24.7 Å². The minimum Gasteiger partial charge on any atom is -0.469 e. The van der Waals surface area contributed by atoms with Gasteiger partial charge in [0.1, 0.15) is 0 Å². The van der Waals surface area contributed by atoms with Gasteiger partial charge in [-0.15, -0.1) is 0 Å². The van der Waals surface area contributed by atoms with Crippen LogP contribution >= 0.6 is 11.9 Å². The summed E-state index contributed by atoms with van der Waals surface area (Å²) in [6, 6.07) is 10.8. The van der Waals surface area contributed by atoms with Crippen molar-refractivity contribution in [3.05, 3.63) is 64.7 Å². The average Bonchev–Trinajstić information content (AvgIpc) is 3.04. The summed E-state index contributed by atoms with van der Waals surface area (Å²) < 4.78 is 9.74. The second-order valence-electron chi connectivity index (χ2n) is 7.52. The van der Waals surface area contributed by atoms with Crippen LogP contribution in [0.4, 0.5) is 5.69 Å². The highest BCUT2D eigenvalue weighted by molar-refractivity contribution is 8.03. The molecule has 0 spiro atoms. The van der Waals surface area contributed by atoms with Crippen LogP contribution in [-0.2, 0) is 22.5 Å². The predicted octanol–water partition coefficient (Wildman–Crippen LogP) is 5.56. The first-order valence-electron chi connectivity index (χ1n) is 9.80. The van der Waals surface area contributed by atoms with Crippen LogP contribution in [0.3, 0.4) is 0 Å². The molecule has 0 fully saturated rings. The molecule has 1 aromatic heterocycles. The first kappa shape index (κ1) is 19.6. The van der Waals surface area contributed by atoms with Gasteiger partial charge in [-0.05, 0) is 66.4 Å². The van der Waals surface area contributed by atoms with Crippen LogP contribution in [0.15, 0.2) is 42.3 Å². The van der Waals surface area contributed by atoms with Crippen molar-refractivity contribution in [3.8, 4) is 11.1 Å². The van der Waals surface area contributed by atoms with Crippen LogP contribution < -0.4 is 4.31 Å². The van der Waals surface area contributed by atoms with Gasteiger partial charge in [0.25, 0.3) is 0 Å². The van der Waals surface area contributed by atoms with Gasteiger partial charge in [-0.25, -0.2) is 0 Å². The third kappa shape index (κ3) is 3.23. The monoisotopic (exact) mass is 406 g/mol. The number of anilines is 1. The van der Waals surface area contributed by atoms with Gasteiger partial charge in [0.2, 0.25) is 0 Å². The van der Waals surface area contributed by atoms with Crippen LogP contribution in [0.2, 0.25) is 0 Å². The Balaban J connectivity index is 2.10. The Morgan fingerprint density at radius 2 is 1.93 bits per heavy atom. The SMILES string of the molecule is C=CSN1CCn2c(C)cc3c(-c4ccc(C)cc4)c(CC(=O)OC)c(C)c1c32. The van der Waals surface area contributed by atoms with E-state index in [1.807, 2.05) is 5.41 Å². The van der Waals surface area contributed by atoms with E-state index < -0.39 is 0 Å². The maximum atomic E-state index is 12.3. The smallest absolute Gasteiger partial charge is 0.310 e. The Morgan fingerprint density at radius 1 is 1.21 bits per heavy atom. The maximum absolute atomic E-state index is 12.3. The first-order chi connectivity index (χ1) is 14.0. The lowest BCUT2D eigenvalue weighted by molar-refractivity contribution is -0.139. The molecule has 0 amide bonds. The number of nitrogens with zero attached hydrogens (tertiary/aromatic N) is 2. The lowest BCUT2D eigenvalue weighted by atomic mass is 9.89. The van der Waals surface area contributed by atoms with Crippen LogP contribution in [0.25, 0.3) is 22.0 Å². The number of ether oxygens (including phenoxy) is 1. The fourth-order valence-electron chi connectivity index (χ4n) is 4.37. The van der Waals surface area contributed by atoms with Crippen molar-refractivity contribution in [2.24, 2.45) is 0 Å². The van der Waals surface area contributed by atoms with Gasteiger partial charge in [-0.2, -0.15) is 0 Å². The van der Waals surface area contributed by atoms with Gasteiger partial charge in [-0.1, -0.05) is 36.4 Å². The summed E-state index contributed by atoms with van der Waals surface area (Å²) in [6.07, 6.45) is 0.255. The van der Waals surface area contributed by atoms with Gasteiger partial charge < -0.3 is 13.6 Å². The van der Waals surface area contributed by atoms with E-state index in [0.717, 1.165) is 35.3 Å². The lowest BCUT2D eigenvalue weighted by Crippen LogP contribution is -2.27. The van der Waals surface area contributed by atoms with E-state index in [-0.39, 0.29) is 12.4 Å². The fraction of sp³-hybridized carbons (Fsp3) is 0.292. The normalized spacial score (nSPS) is 13.0. The summed E-state index contributed by atoms with van der Waals surface area (Å²) in [6.45, 7) is 12.1. The zero-order valence-electron chi connectivity index (χ0n) is 17.4. The zero-order valence-corrected chi connectivity index (χ0v) is 18.2. The summed E-state index contributed by atoms with van der Waals surface area (Å²) in [5.41, 5.74) is 9.32. The van der Waals surface area contributed by atoms with Gasteiger partial charge >= 0.3 is 5.97 Å². The van der Waals surface area contributed by atoms with Crippen molar-refractivity contribution in [2.45, 2.75) is 33.7 Å². The molecule has 29 heavy (non-hydrogen) atoms. The summed E-state index contributed by atoms with van der Waals surface area (Å²) in [5, 5.41) is 3.06. The molecule has 0 atom stereocenters. The van der Waals surface area contributed by atoms with E-state index in [2.05, 4.69) is 66.6 Å². The number of aromatic nitrogens is 1. The molecule has 5 heteroatoms. The largest absolute Gasteiger partial charge is 0.469 e. The molecule has 0 bridgehead atoms. The zero-order chi connectivity index (χ0) is 20.7. The molecular formula is C24H26N2O2S. The highest BCUT2D eigenvalue weighted by Crippen LogP contribution is 2.46. The van der Waals surface area contributed by atoms with Crippen LogP contribution in [0.1, 0.15) is 22.4 Å². The lowest BCUT2D eigenvalue weighted by Gasteiger charge is -2.32. The summed E-state index contributed by atoms with van der Waals surface area (Å²) in [5.74, 6) is -0.220. The molecule has 1 aliphatic heterocycles. The van der Waals surface area contributed by atoms with Crippen molar-refractivity contribution in [1.29, 1.82) is 0 Å². The second-order valence-corrected chi connectivity index (χ2v) is 8.50. The van der Waals surface area contributed by atoms with Gasteiger partial charge in [0.15, 0.2) is 0 Å². The molecule has 4 rings (SSSR count). The van der Waals surface area contributed by atoms with Crippen LogP contribution in [0, 0.1) is 20.8 Å². The number of hydrogen-bond acceptors (Lipinski definition) is 4. The topological polar surface area (TPSA) is 34.5 Å². The minimum atomic E-state index is -0.220. The molecule has 150 valence electrons. The molecule has 0 N–H and O–H groups in total. The minimum absolute atomic E-state index is 0.220. The molecule has 0 unspecified atom stereocenters. The molecule has 0 saturated carbocycles. The molecule has 1 aliphatic rings. The molecule has 2 heterocycles. The molecule has 3 aromatic rings. The Labute approximate surface area is 176 Å². The van der Waals surface area contributed by atoms with Crippen LogP contribution in [-0.4, -0.2) is 24.2 Å². The number of hydrogen-bond donors (Lipinski definition) is 0. The maximum Gasteiger partial charge on any atom is 0.310 e. The Kier molecular flexibility index (Phi) is 5.17. The van der Waals surface area contributed by atoms with Crippen molar-refractivity contribution >= 4 is 34.5 Å². The summed E-state index contributed by atoms with van der Waals surface area (Å²) >= 11 is 1.62. The fourth-order valence-corrected chi connectivity index (χ4v) is 5.07. The van der Waals surface area contributed by atoms with Crippen molar-refractivity contribution < 1.29 is 9.53 Å². The van der Waals surface area contributed by atoms with Crippen molar-refractivity contribution in [3.63, 3.8) is 0 Å². The third-order valence-corrected chi connectivity index (χ3v) is 6.54. The Bertz CT molecular complexity index is 1110. The van der Waals surface area contributed by atoms with Crippen LogP contribution in [0.5, 0.6) is 0 Å². The molecule has 0 aliphatic carbocycles. The standard InChI is InChI=1S/C24H26N2O2S/c1-6-29-26-12-11-25-16(3)13-20-22(18-9-7-15(2)8-10-18)19(14-21(27)28-5)17(4)23(26)24(20)25/h6-10,13H,1,11-12,14H2,2-5H3. The van der Waals surface area contributed by atoms with E-state index >= 15 is 0 Å².